The molecular formula is C22H23F3N4O3. The molecule has 0 aliphatic rings. The number of anilines is 1. The third kappa shape index (κ3) is 5.77. The number of aromatic nitrogens is 2. The van der Waals surface area contributed by atoms with Crippen molar-refractivity contribution in [2.24, 2.45) is 0 Å². The van der Waals surface area contributed by atoms with E-state index in [-0.39, 0.29) is 23.9 Å². The fourth-order valence-electron chi connectivity index (χ4n) is 3.20. The van der Waals surface area contributed by atoms with Gasteiger partial charge in [0.05, 0.1) is 5.56 Å². The molecule has 0 aliphatic carbocycles. The van der Waals surface area contributed by atoms with Crippen LogP contribution in [-0.2, 0) is 11.3 Å². The predicted molar refractivity (Wildman–Crippen MR) is 114 cm³/mol. The number of amides is 2. The van der Waals surface area contributed by atoms with E-state index in [9.17, 15) is 22.8 Å². The summed E-state index contributed by atoms with van der Waals surface area (Å²) in [6.07, 6.45) is -1.50. The minimum Gasteiger partial charge on any atom is -0.468 e. The highest BCUT2D eigenvalue weighted by atomic mass is 19.4. The third-order valence-corrected chi connectivity index (χ3v) is 4.83. The number of hydrogen-bond donors (Lipinski definition) is 1. The summed E-state index contributed by atoms with van der Waals surface area (Å²) in [5, 5.41) is 3.58. The average molecular weight is 448 g/mol. The highest BCUT2D eigenvalue weighted by molar-refractivity contribution is 6.05. The van der Waals surface area contributed by atoms with Crippen molar-refractivity contribution in [3.05, 3.63) is 54.4 Å². The summed E-state index contributed by atoms with van der Waals surface area (Å²) < 4.78 is 43.0. The second-order valence-electron chi connectivity index (χ2n) is 7.03. The molecule has 3 aromatic rings. The Balaban J connectivity index is 1.66. The zero-order valence-corrected chi connectivity index (χ0v) is 17.6. The molecule has 32 heavy (non-hydrogen) atoms. The minimum absolute atomic E-state index is 0.0278. The van der Waals surface area contributed by atoms with E-state index in [1.54, 1.807) is 17.0 Å². The minimum atomic E-state index is -4.46. The van der Waals surface area contributed by atoms with E-state index < -0.39 is 18.7 Å². The number of ether oxygens (including phenoxy) is 1. The average Bonchev–Trinajstić information content (AvgIpc) is 3.15. The largest absolute Gasteiger partial charge is 0.468 e. The first-order valence-electron chi connectivity index (χ1n) is 10.0. The van der Waals surface area contributed by atoms with E-state index in [2.05, 4.69) is 15.0 Å². The molecule has 0 spiro atoms. The van der Waals surface area contributed by atoms with Crippen LogP contribution in [0.15, 0.2) is 48.8 Å². The van der Waals surface area contributed by atoms with Gasteiger partial charge in [-0.05, 0) is 44.2 Å². The SMILES string of the molecule is CCN(CC)C(=O)Cn1ccc2cc(NC(=O)c3ccc(OCC(F)(F)F)nc3)ccc21. The molecule has 2 aromatic heterocycles. The van der Waals surface area contributed by atoms with Crippen molar-refractivity contribution in [1.29, 1.82) is 0 Å². The Morgan fingerprint density at radius 2 is 1.88 bits per heavy atom. The van der Waals surface area contributed by atoms with Gasteiger partial charge >= 0.3 is 6.18 Å². The Morgan fingerprint density at radius 3 is 2.50 bits per heavy atom. The quantitative estimate of drug-likeness (QED) is 0.563. The Hall–Kier alpha value is -3.56. The van der Waals surface area contributed by atoms with Crippen LogP contribution in [0, 0.1) is 0 Å². The summed E-state index contributed by atoms with van der Waals surface area (Å²) in [6.45, 7) is 3.94. The molecule has 0 saturated heterocycles. The zero-order valence-electron chi connectivity index (χ0n) is 17.6. The number of halogens is 3. The highest BCUT2D eigenvalue weighted by Crippen LogP contribution is 2.22. The van der Waals surface area contributed by atoms with E-state index >= 15 is 0 Å². The number of fused-ring (bicyclic) bond motifs is 1. The lowest BCUT2D eigenvalue weighted by Gasteiger charge is -2.19. The first-order chi connectivity index (χ1) is 15.2. The van der Waals surface area contributed by atoms with Gasteiger partial charge in [-0.15, -0.1) is 0 Å². The van der Waals surface area contributed by atoms with E-state index in [1.165, 1.54) is 12.1 Å². The van der Waals surface area contributed by atoms with Crippen LogP contribution in [0.1, 0.15) is 24.2 Å². The van der Waals surface area contributed by atoms with Crippen LogP contribution in [0.3, 0.4) is 0 Å². The molecule has 0 saturated carbocycles. The lowest BCUT2D eigenvalue weighted by Crippen LogP contribution is -2.33. The number of pyridine rings is 1. The molecule has 0 unspecified atom stereocenters. The van der Waals surface area contributed by atoms with Gasteiger partial charge in [-0.25, -0.2) is 4.98 Å². The van der Waals surface area contributed by atoms with Crippen LogP contribution >= 0.6 is 0 Å². The standard InChI is InChI=1S/C22H23F3N4O3/c1-3-28(4-2)20(30)13-29-10-9-15-11-17(6-7-18(15)29)27-21(31)16-5-8-19(26-12-16)32-14-22(23,24)25/h5-12H,3-4,13-14H2,1-2H3,(H,27,31). The van der Waals surface area contributed by atoms with Gasteiger partial charge in [-0.2, -0.15) is 13.2 Å². The van der Waals surface area contributed by atoms with Gasteiger partial charge in [0.1, 0.15) is 6.54 Å². The van der Waals surface area contributed by atoms with Crippen molar-refractivity contribution in [1.82, 2.24) is 14.5 Å². The Bertz CT molecular complexity index is 1090. The topological polar surface area (TPSA) is 76.5 Å². The van der Waals surface area contributed by atoms with Crippen molar-refractivity contribution < 1.29 is 27.5 Å². The number of hydrogen-bond acceptors (Lipinski definition) is 4. The van der Waals surface area contributed by atoms with Gasteiger partial charge in [0.2, 0.25) is 11.8 Å². The van der Waals surface area contributed by atoms with Crippen molar-refractivity contribution in [2.45, 2.75) is 26.6 Å². The molecule has 1 N–H and O–H groups in total. The number of carbonyl (C=O) groups is 2. The van der Waals surface area contributed by atoms with Crippen molar-refractivity contribution >= 4 is 28.4 Å². The van der Waals surface area contributed by atoms with E-state index in [0.29, 0.717) is 18.8 Å². The highest BCUT2D eigenvalue weighted by Gasteiger charge is 2.28. The van der Waals surface area contributed by atoms with Gasteiger partial charge < -0.3 is 19.5 Å². The molecule has 0 bridgehead atoms. The molecule has 7 nitrogen and oxygen atoms in total. The normalized spacial score (nSPS) is 11.4. The monoisotopic (exact) mass is 448 g/mol. The maximum atomic E-state index is 12.4. The van der Waals surface area contributed by atoms with Crippen molar-refractivity contribution in [3.63, 3.8) is 0 Å². The van der Waals surface area contributed by atoms with Crippen LogP contribution < -0.4 is 10.1 Å². The fourth-order valence-corrected chi connectivity index (χ4v) is 3.20. The molecular weight excluding hydrogens is 425 g/mol. The number of nitrogens with zero attached hydrogens (tertiary/aromatic N) is 3. The Morgan fingerprint density at radius 1 is 1.12 bits per heavy atom. The van der Waals surface area contributed by atoms with E-state index in [0.717, 1.165) is 17.1 Å². The number of benzene rings is 1. The van der Waals surface area contributed by atoms with Gasteiger partial charge in [0, 0.05) is 48.1 Å². The molecule has 0 atom stereocenters. The van der Waals surface area contributed by atoms with Gasteiger partial charge in [-0.1, -0.05) is 0 Å². The van der Waals surface area contributed by atoms with E-state index in [4.69, 9.17) is 0 Å². The molecule has 1 aromatic carbocycles. The number of carbonyl (C=O) groups excluding carboxylic acids is 2. The van der Waals surface area contributed by atoms with Crippen molar-refractivity contribution in [2.75, 3.05) is 25.0 Å². The molecule has 3 rings (SSSR count). The lowest BCUT2D eigenvalue weighted by atomic mass is 10.2. The second kappa shape index (κ2) is 9.71. The molecule has 10 heteroatoms. The zero-order chi connectivity index (χ0) is 23.3. The van der Waals surface area contributed by atoms with Gasteiger partial charge in [0.15, 0.2) is 6.61 Å². The summed E-state index contributed by atoms with van der Waals surface area (Å²) in [6, 6.07) is 9.70. The Labute approximate surface area is 182 Å². The second-order valence-corrected chi connectivity index (χ2v) is 7.03. The van der Waals surface area contributed by atoms with Crippen molar-refractivity contribution in [3.8, 4) is 5.88 Å². The molecule has 0 aliphatic heterocycles. The van der Waals surface area contributed by atoms with Crippen LogP contribution in [-0.4, -0.2) is 52.1 Å². The van der Waals surface area contributed by atoms with E-state index in [1.807, 2.05) is 36.7 Å². The molecule has 0 radical (unpaired) electrons. The van der Waals surface area contributed by atoms with Crippen LogP contribution in [0.4, 0.5) is 18.9 Å². The summed E-state index contributed by atoms with van der Waals surface area (Å²) in [5.74, 6) is -0.656. The Kier molecular flexibility index (Phi) is 7.01. The summed E-state index contributed by atoms with van der Waals surface area (Å²) >= 11 is 0. The van der Waals surface area contributed by atoms with Crippen LogP contribution in [0.2, 0.25) is 0 Å². The number of nitrogens with one attached hydrogen (secondary N) is 1. The first kappa shape index (κ1) is 23.1. The summed E-state index contributed by atoms with van der Waals surface area (Å²) in [7, 11) is 0. The third-order valence-electron chi connectivity index (χ3n) is 4.83. The fraction of sp³-hybridized carbons (Fsp3) is 0.318. The first-order valence-corrected chi connectivity index (χ1v) is 10.0. The maximum Gasteiger partial charge on any atom is 0.422 e. The lowest BCUT2D eigenvalue weighted by molar-refractivity contribution is -0.154. The molecule has 2 heterocycles. The molecule has 170 valence electrons. The summed E-state index contributed by atoms with van der Waals surface area (Å²) in [4.78, 5) is 30.3. The number of likely N-dealkylation sites (N-methyl/N-ethyl adjacent to an activating group) is 1. The molecule has 2 amide bonds. The van der Waals surface area contributed by atoms with Gasteiger partial charge in [0.25, 0.3) is 5.91 Å². The number of rotatable bonds is 8. The van der Waals surface area contributed by atoms with Crippen LogP contribution in [0.25, 0.3) is 10.9 Å². The van der Waals surface area contributed by atoms with Gasteiger partial charge in [-0.3, -0.25) is 9.59 Å². The smallest absolute Gasteiger partial charge is 0.422 e. The maximum absolute atomic E-state index is 12.4. The van der Waals surface area contributed by atoms with Crippen LogP contribution in [0.5, 0.6) is 5.88 Å². The predicted octanol–water partition coefficient (Wildman–Crippen LogP) is 4.10. The summed E-state index contributed by atoms with van der Waals surface area (Å²) in [5.41, 5.74) is 1.57. The molecule has 0 fully saturated rings. The number of alkyl halides is 3.